The molecule has 5 unspecified atom stereocenters. The molecule has 6 nitrogen and oxygen atoms in total. The maximum absolute atomic E-state index is 12.0. The van der Waals surface area contributed by atoms with Crippen molar-refractivity contribution in [3.63, 3.8) is 0 Å². The first-order valence-corrected chi connectivity index (χ1v) is 15.9. The zero-order valence-electron chi connectivity index (χ0n) is 25.5. The van der Waals surface area contributed by atoms with E-state index in [1.165, 1.54) is 25.7 Å². The Kier molecular flexibility index (Phi) is 7.59. The highest BCUT2D eigenvalue weighted by Gasteiger charge is 2.65. The summed E-state index contributed by atoms with van der Waals surface area (Å²) in [6, 6.07) is 0. The SMILES string of the molecule is CC[C@H]1[C@@H](O)C2C3CCC([C@H](C)C(C)(C)CC(C)[C@H](C)c4nn[nH]n4)[C@@]3(C)CCC2[C@@]2(C)CC[C@@H](O)C[C@@H]12. The number of H-pyrrole nitrogens is 1. The third kappa shape index (κ3) is 4.39. The van der Waals surface area contributed by atoms with Gasteiger partial charge in [-0.25, -0.2) is 0 Å². The molecule has 4 aliphatic rings. The Hall–Kier alpha value is -1.01. The van der Waals surface area contributed by atoms with Gasteiger partial charge in [-0.15, -0.1) is 10.2 Å². The fourth-order valence-electron chi connectivity index (χ4n) is 11.2. The first kappa shape index (κ1) is 28.5. The Morgan fingerprint density at radius 1 is 0.974 bits per heavy atom. The summed E-state index contributed by atoms with van der Waals surface area (Å²) in [7, 11) is 0. The zero-order valence-corrected chi connectivity index (χ0v) is 25.5. The zero-order chi connectivity index (χ0) is 27.6. The molecule has 1 heterocycles. The van der Waals surface area contributed by atoms with E-state index in [0.717, 1.165) is 37.9 Å². The third-order valence-electron chi connectivity index (χ3n) is 13.8. The normalized spacial score (nSPS) is 45.5. The van der Waals surface area contributed by atoms with Gasteiger partial charge in [-0.05, 0) is 115 Å². The summed E-state index contributed by atoms with van der Waals surface area (Å²) in [5.41, 5.74) is 0.788. The Balaban J connectivity index is 1.36. The van der Waals surface area contributed by atoms with E-state index in [1.54, 1.807) is 0 Å². The van der Waals surface area contributed by atoms with Crippen molar-refractivity contribution in [2.45, 2.75) is 131 Å². The number of hydrogen-bond donors (Lipinski definition) is 3. The lowest BCUT2D eigenvalue weighted by Crippen LogP contribution is -2.62. The number of aromatic nitrogens is 4. The molecule has 0 aromatic carbocycles. The number of nitrogens with zero attached hydrogens (tertiary/aromatic N) is 3. The minimum Gasteiger partial charge on any atom is -0.393 e. The largest absolute Gasteiger partial charge is 0.393 e. The first-order valence-electron chi connectivity index (χ1n) is 15.9. The minimum absolute atomic E-state index is 0.177. The van der Waals surface area contributed by atoms with Crippen LogP contribution in [-0.4, -0.2) is 43.0 Å². The lowest BCUT2D eigenvalue weighted by Gasteiger charge is -2.65. The summed E-state index contributed by atoms with van der Waals surface area (Å²) in [5.74, 6) is 5.35. The van der Waals surface area contributed by atoms with E-state index in [9.17, 15) is 10.2 Å². The second-order valence-corrected chi connectivity index (χ2v) is 15.6. The smallest absolute Gasteiger partial charge is 0.177 e. The fraction of sp³-hybridized carbons (Fsp3) is 0.969. The highest BCUT2D eigenvalue weighted by molar-refractivity contribution is 5.14. The summed E-state index contributed by atoms with van der Waals surface area (Å²) in [5, 5.41) is 37.5. The molecule has 0 amide bonds. The van der Waals surface area contributed by atoms with Crippen LogP contribution in [0.4, 0.5) is 0 Å². The predicted molar refractivity (Wildman–Crippen MR) is 151 cm³/mol. The lowest BCUT2D eigenvalue weighted by molar-refractivity contribution is -0.204. The Morgan fingerprint density at radius 3 is 2.32 bits per heavy atom. The summed E-state index contributed by atoms with van der Waals surface area (Å²) in [4.78, 5) is 0. The molecule has 0 bridgehead atoms. The molecular weight excluding hydrogens is 472 g/mol. The first-order chi connectivity index (χ1) is 17.8. The van der Waals surface area contributed by atoms with E-state index in [2.05, 4.69) is 76.0 Å². The molecule has 38 heavy (non-hydrogen) atoms. The van der Waals surface area contributed by atoms with Crippen molar-refractivity contribution in [2.24, 2.45) is 63.6 Å². The van der Waals surface area contributed by atoms with Crippen LogP contribution >= 0.6 is 0 Å². The highest BCUT2D eigenvalue weighted by Crippen LogP contribution is 2.70. The maximum atomic E-state index is 12.0. The van der Waals surface area contributed by atoms with Gasteiger partial charge in [0.05, 0.1) is 12.2 Å². The van der Waals surface area contributed by atoms with Crippen molar-refractivity contribution >= 4 is 0 Å². The van der Waals surface area contributed by atoms with Crippen LogP contribution in [0.5, 0.6) is 0 Å². The number of hydrogen-bond acceptors (Lipinski definition) is 5. The van der Waals surface area contributed by atoms with E-state index in [0.29, 0.717) is 52.8 Å². The van der Waals surface area contributed by atoms with Gasteiger partial charge in [0.15, 0.2) is 5.82 Å². The van der Waals surface area contributed by atoms with Crippen molar-refractivity contribution < 1.29 is 10.2 Å². The number of fused-ring (bicyclic) bond motifs is 5. The van der Waals surface area contributed by atoms with Crippen LogP contribution in [0.3, 0.4) is 0 Å². The van der Waals surface area contributed by atoms with Crippen LogP contribution in [0.2, 0.25) is 0 Å². The lowest BCUT2D eigenvalue weighted by atomic mass is 9.41. The average molecular weight is 529 g/mol. The molecule has 4 saturated carbocycles. The standard InChI is InChI=1S/C32H56N4O2/c1-9-22-26-16-21(37)12-14-32(26,8)25-13-15-31(7)23(10-11-24(31)27(25)28(22)38)20(4)30(5,6)17-18(2)19(3)29-33-35-36-34-29/h18-28,37-38H,9-17H2,1-8H3,(H,33,34,35,36)/t18?,19-,20-,21+,22+,23?,24?,25?,26-,27?,28+,31+,32+/m0/s1. The molecule has 0 saturated heterocycles. The average Bonchev–Trinajstić information content (AvgIpc) is 3.52. The van der Waals surface area contributed by atoms with Gasteiger partial charge < -0.3 is 10.2 Å². The molecule has 0 spiro atoms. The van der Waals surface area contributed by atoms with Crippen LogP contribution in [-0.2, 0) is 0 Å². The van der Waals surface area contributed by atoms with Gasteiger partial charge in [0.2, 0.25) is 0 Å². The molecule has 1 aromatic heterocycles. The monoisotopic (exact) mass is 528 g/mol. The molecule has 3 N–H and O–H groups in total. The van der Waals surface area contributed by atoms with Gasteiger partial charge in [-0.1, -0.05) is 67.0 Å². The van der Waals surface area contributed by atoms with Gasteiger partial charge in [0.25, 0.3) is 0 Å². The highest BCUT2D eigenvalue weighted by atomic mass is 16.3. The van der Waals surface area contributed by atoms with Crippen LogP contribution in [0.1, 0.15) is 125 Å². The molecule has 0 aliphatic heterocycles. The molecule has 13 atom stereocenters. The van der Waals surface area contributed by atoms with Crippen molar-refractivity contribution in [2.75, 3.05) is 0 Å². The molecule has 5 rings (SSSR count). The van der Waals surface area contributed by atoms with E-state index >= 15 is 0 Å². The molecule has 216 valence electrons. The topological polar surface area (TPSA) is 94.9 Å². The van der Waals surface area contributed by atoms with E-state index in [-0.39, 0.29) is 29.0 Å². The molecular formula is C32H56N4O2. The Morgan fingerprint density at radius 2 is 1.66 bits per heavy atom. The van der Waals surface area contributed by atoms with Crippen LogP contribution in [0.25, 0.3) is 0 Å². The molecule has 4 aliphatic carbocycles. The quantitative estimate of drug-likeness (QED) is 0.370. The minimum atomic E-state index is -0.212. The Bertz CT molecular complexity index is 951. The van der Waals surface area contributed by atoms with Gasteiger partial charge in [0.1, 0.15) is 0 Å². The summed E-state index contributed by atoms with van der Waals surface area (Å²) < 4.78 is 0. The molecule has 4 fully saturated rings. The van der Waals surface area contributed by atoms with Crippen molar-refractivity contribution in [3.05, 3.63) is 5.82 Å². The molecule has 1 aromatic rings. The number of aliphatic hydroxyl groups is 2. The number of rotatable bonds is 7. The number of tetrazole rings is 1. The second kappa shape index (κ2) is 10.1. The van der Waals surface area contributed by atoms with Crippen molar-refractivity contribution in [3.8, 4) is 0 Å². The van der Waals surface area contributed by atoms with Gasteiger partial charge >= 0.3 is 0 Å². The van der Waals surface area contributed by atoms with Crippen LogP contribution < -0.4 is 0 Å². The van der Waals surface area contributed by atoms with Gasteiger partial charge in [-0.3, -0.25) is 0 Å². The van der Waals surface area contributed by atoms with E-state index < -0.39 is 0 Å². The Labute approximate surface area is 231 Å². The van der Waals surface area contributed by atoms with E-state index in [1.807, 2.05) is 0 Å². The van der Waals surface area contributed by atoms with E-state index in [4.69, 9.17) is 0 Å². The fourth-order valence-corrected chi connectivity index (χ4v) is 11.2. The molecule has 6 heteroatoms. The van der Waals surface area contributed by atoms with Crippen molar-refractivity contribution in [1.82, 2.24) is 20.6 Å². The summed E-state index contributed by atoms with van der Waals surface area (Å²) in [6.07, 6.45) is 9.89. The second-order valence-electron chi connectivity index (χ2n) is 15.6. The predicted octanol–water partition coefficient (Wildman–Crippen LogP) is 6.62. The van der Waals surface area contributed by atoms with Crippen LogP contribution in [0.15, 0.2) is 0 Å². The van der Waals surface area contributed by atoms with Gasteiger partial charge in [-0.2, -0.15) is 5.21 Å². The van der Waals surface area contributed by atoms with Crippen molar-refractivity contribution in [1.29, 1.82) is 0 Å². The number of aliphatic hydroxyl groups excluding tert-OH is 2. The number of nitrogens with one attached hydrogen (secondary N) is 1. The molecule has 0 radical (unpaired) electrons. The maximum Gasteiger partial charge on any atom is 0.177 e. The third-order valence-corrected chi connectivity index (χ3v) is 13.8. The van der Waals surface area contributed by atoms with Gasteiger partial charge in [0, 0.05) is 5.92 Å². The number of aromatic amines is 1. The van der Waals surface area contributed by atoms with Crippen LogP contribution in [0, 0.1) is 63.6 Å². The summed E-state index contributed by atoms with van der Waals surface area (Å²) >= 11 is 0. The summed E-state index contributed by atoms with van der Waals surface area (Å²) in [6.45, 7) is 19.5.